The lowest BCUT2D eigenvalue weighted by atomic mass is 10.1. The van der Waals surface area contributed by atoms with E-state index in [0.29, 0.717) is 23.0 Å². The highest BCUT2D eigenvalue weighted by molar-refractivity contribution is 5.54. The van der Waals surface area contributed by atoms with Gasteiger partial charge in [-0.2, -0.15) is 4.98 Å². The maximum absolute atomic E-state index is 10.8. The first-order valence-electron chi connectivity index (χ1n) is 7.86. The van der Waals surface area contributed by atoms with Gasteiger partial charge in [-0.1, -0.05) is 36.3 Å². The van der Waals surface area contributed by atoms with Crippen LogP contribution in [-0.2, 0) is 13.0 Å². The number of nitrogens with zero attached hydrogens (tertiary/aromatic N) is 3. The van der Waals surface area contributed by atoms with Crippen molar-refractivity contribution in [3.63, 3.8) is 0 Å². The molecule has 25 heavy (non-hydrogen) atoms. The molecule has 0 saturated carbocycles. The number of aromatic nitrogens is 2. The number of aryl methyl sites for hydroxylation is 2. The van der Waals surface area contributed by atoms with Crippen molar-refractivity contribution in [2.24, 2.45) is 0 Å². The monoisotopic (exact) mass is 339 g/mol. The summed E-state index contributed by atoms with van der Waals surface area (Å²) < 4.78 is 10.8. The van der Waals surface area contributed by atoms with Crippen LogP contribution in [0.4, 0.5) is 5.69 Å². The first kappa shape index (κ1) is 16.6. The van der Waals surface area contributed by atoms with Crippen molar-refractivity contribution in [1.29, 1.82) is 0 Å². The molecule has 2 aromatic carbocycles. The summed E-state index contributed by atoms with van der Waals surface area (Å²) in [5.74, 6) is 1.35. The molecule has 0 N–H and O–H groups in total. The van der Waals surface area contributed by atoms with Crippen molar-refractivity contribution in [2.45, 2.75) is 26.9 Å². The topological polar surface area (TPSA) is 91.3 Å². The summed E-state index contributed by atoms with van der Waals surface area (Å²) >= 11 is 0. The van der Waals surface area contributed by atoms with Crippen LogP contribution in [0.25, 0.3) is 11.4 Å². The number of nitro groups is 1. The van der Waals surface area contributed by atoms with Gasteiger partial charge >= 0.3 is 0 Å². The average molecular weight is 339 g/mol. The van der Waals surface area contributed by atoms with Crippen molar-refractivity contribution < 1.29 is 14.2 Å². The second-order valence-corrected chi connectivity index (χ2v) is 5.56. The Bertz CT molecular complexity index is 888. The van der Waals surface area contributed by atoms with E-state index in [0.717, 1.165) is 12.0 Å². The van der Waals surface area contributed by atoms with Crippen molar-refractivity contribution in [3.8, 4) is 17.1 Å². The van der Waals surface area contributed by atoms with E-state index in [4.69, 9.17) is 9.26 Å². The van der Waals surface area contributed by atoms with Crippen LogP contribution in [0.15, 0.2) is 47.0 Å². The number of benzene rings is 2. The van der Waals surface area contributed by atoms with E-state index in [-0.39, 0.29) is 12.3 Å². The molecule has 0 fully saturated rings. The third kappa shape index (κ3) is 3.82. The van der Waals surface area contributed by atoms with Gasteiger partial charge in [0.1, 0.15) is 5.75 Å². The Morgan fingerprint density at radius 2 is 1.96 bits per heavy atom. The molecule has 0 aliphatic carbocycles. The molecule has 0 amide bonds. The number of ether oxygens (including phenoxy) is 1. The Morgan fingerprint density at radius 3 is 2.60 bits per heavy atom. The fraction of sp³-hybridized carbons (Fsp3) is 0.222. The molecular formula is C18H17N3O4. The third-order valence-corrected chi connectivity index (χ3v) is 3.82. The Morgan fingerprint density at radius 1 is 1.20 bits per heavy atom. The molecule has 3 aromatic rings. The molecule has 0 bridgehead atoms. The van der Waals surface area contributed by atoms with Gasteiger partial charge in [-0.05, 0) is 31.0 Å². The van der Waals surface area contributed by atoms with Crippen molar-refractivity contribution in [2.75, 3.05) is 0 Å². The number of rotatable bonds is 6. The van der Waals surface area contributed by atoms with Gasteiger partial charge in [-0.3, -0.25) is 10.1 Å². The highest BCUT2D eigenvalue weighted by atomic mass is 16.6. The molecule has 7 heteroatoms. The maximum atomic E-state index is 10.8. The lowest BCUT2D eigenvalue weighted by molar-refractivity contribution is -0.385. The van der Waals surface area contributed by atoms with Gasteiger partial charge < -0.3 is 9.26 Å². The van der Waals surface area contributed by atoms with Crippen molar-refractivity contribution in [1.82, 2.24) is 10.1 Å². The van der Waals surface area contributed by atoms with Gasteiger partial charge in [0.2, 0.25) is 5.82 Å². The summed E-state index contributed by atoms with van der Waals surface area (Å²) in [6.45, 7) is 3.85. The molecule has 0 radical (unpaired) electrons. The standard InChI is InChI=1S/C18H17N3O4/c1-3-13-4-6-14(7-5-13)18-19-17(25-20-18)11-24-15-8-9-16(21(22)23)12(2)10-15/h4-10H,3,11H2,1-2H3. The number of nitro benzene ring substituents is 1. The summed E-state index contributed by atoms with van der Waals surface area (Å²) in [5.41, 5.74) is 2.70. The van der Waals surface area contributed by atoms with Crippen LogP contribution in [0, 0.1) is 17.0 Å². The maximum Gasteiger partial charge on any atom is 0.272 e. The van der Waals surface area contributed by atoms with Crippen LogP contribution < -0.4 is 4.74 Å². The van der Waals surface area contributed by atoms with Crippen LogP contribution >= 0.6 is 0 Å². The van der Waals surface area contributed by atoms with Crippen LogP contribution in [-0.4, -0.2) is 15.1 Å². The Balaban J connectivity index is 1.67. The average Bonchev–Trinajstić information content (AvgIpc) is 3.09. The third-order valence-electron chi connectivity index (χ3n) is 3.82. The van der Waals surface area contributed by atoms with Gasteiger partial charge in [0.25, 0.3) is 11.6 Å². The van der Waals surface area contributed by atoms with E-state index >= 15 is 0 Å². The lowest BCUT2D eigenvalue weighted by Crippen LogP contribution is -1.97. The largest absolute Gasteiger partial charge is 0.484 e. The molecule has 0 aliphatic heterocycles. The summed E-state index contributed by atoms with van der Waals surface area (Å²) in [6, 6.07) is 12.5. The van der Waals surface area contributed by atoms with E-state index in [1.165, 1.54) is 11.6 Å². The van der Waals surface area contributed by atoms with Crippen LogP contribution in [0.3, 0.4) is 0 Å². The fourth-order valence-electron chi connectivity index (χ4n) is 2.39. The Kier molecular flexibility index (Phi) is 4.74. The second-order valence-electron chi connectivity index (χ2n) is 5.56. The molecule has 1 heterocycles. The lowest BCUT2D eigenvalue weighted by Gasteiger charge is -2.04. The molecule has 128 valence electrons. The molecule has 0 unspecified atom stereocenters. The number of hydrogen-bond donors (Lipinski definition) is 0. The smallest absolute Gasteiger partial charge is 0.272 e. The minimum absolute atomic E-state index is 0.0583. The molecule has 1 aromatic heterocycles. The van der Waals surface area contributed by atoms with E-state index in [2.05, 4.69) is 17.1 Å². The van der Waals surface area contributed by atoms with Crippen molar-refractivity contribution >= 4 is 5.69 Å². The second kappa shape index (κ2) is 7.12. The predicted molar refractivity (Wildman–Crippen MR) is 91.3 cm³/mol. The first-order valence-corrected chi connectivity index (χ1v) is 7.86. The van der Waals surface area contributed by atoms with Gasteiger partial charge in [0.05, 0.1) is 4.92 Å². The predicted octanol–water partition coefficient (Wildman–Crippen LogP) is 4.09. The molecule has 3 rings (SSSR count). The minimum atomic E-state index is -0.423. The molecule has 0 spiro atoms. The van der Waals surface area contributed by atoms with E-state index in [9.17, 15) is 10.1 Å². The molecular weight excluding hydrogens is 322 g/mol. The van der Waals surface area contributed by atoms with E-state index in [1.807, 2.05) is 24.3 Å². The quantitative estimate of drug-likeness (QED) is 0.496. The normalized spacial score (nSPS) is 10.6. The van der Waals surface area contributed by atoms with Crippen molar-refractivity contribution in [3.05, 3.63) is 69.6 Å². The van der Waals surface area contributed by atoms with Crippen LogP contribution in [0.2, 0.25) is 0 Å². The van der Waals surface area contributed by atoms with Gasteiger partial charge in [0, 0.05) is 17.2 Å². The zero-order valence-electron chi connectivity index (χ0n) is 13.9. The Hall–Kier alpha value is -3.22. The highest BCUT2D eigenvalue weighted by Gasteiger charge is 2.12. The van der Waals surface area contributed by atoms with Gasteiger partial charge in [0.15, 0.2) is 6.61 Å². The molecule has 0 aliphatic rings. The first-order chi connectivity index (χ1) is 12.1. The summed E-state index contributed by atoms with van der Waals surface area (Å²) in [4.78, 5) is 14.7. The van der Waals surface area contributed by atoms with Crippen LogP contribution in [0.1, 0.15) is 23.9 Å². The van der Waals surface area contributed by atoms with Gasteiger partial charge in [-0.15, -0.1) is 0 Å². The van der Waals surface area contributed by atoms with Crippen LogP contribution in [0.5, 0.6) is 5.75 Å². The molecule has 7 nitrogen and oxygen atoms in total. The molecule has 0 saturated heterocycles. The highest BCUT2D eigenvalue weighted by Crippen LogP contribution is 2.24. The molecule has 0 atom stereocenters. The van der Waals surface area contributed by atoms with E-state index in [1.54, 1.807) is 19.1 Å². The zero-order valence-corrected chi connectivity index (χ0v) is 13.9. The summed E-state index contributed by atoms with van der Waals surface area (Å²) in [7, 11) is 0. The summed E-state index contributed by atoms with van der Waals surface area (Å²) in [6.07, 6.45) is 0.972. The minimum Gasteiger partial charge on any atom is -0.484 e. The van der Waals surface area contributed by atoms with E-state index < -0.39 is 4.92 Å². The number of hydrogen-bond acceptors (Lipinski definition) is 6. The SMILES string of the molecule is CCc1ccc(-c2noc(COc3ccc([N+](=O)[O-])c(C)c3)n2)cc1. The Labute approximate surface area is 144 Å². The van der Waals surface area contributed by atoms with Gasteiger partial charge in [-0.25, -0.2) is 0 Å². The summed E-state index contributed by atoms with van der Waals surface area (Å²) in [5, 5.41) is 14.8. The zero-order chi connectivity index (χ0) is 17.8. The fourth-order valence-corrected chi connectivity index (χ4v) is 2.39.